The topological polar surface area (TPSA) is 79.5 Å². The average Bonchev–Trinajstić information content (AvgIpc) is 2.49. The lowest BCUT2D eigenvalue weighted by Crippen LogP contribution is -2.45. The first kappa shape index (κ1) is 18.3. The largest absolute Gasteiger partial charge is 0.378 e. The van der Waals surface area contributed by atoms with Crippen molar-refractivity contribution >= 4 is 29.9 Å². The van der Waals surface area contributed by atoms with E-state index < -0.39 is 0 Å². The minimum atomic E-state index is -0.372. The predicted molar refractivity (Wildman–Crippen MR) is 82.5 cm³/mol. The van der Waals surface area contributed by atoms with Crippen molar-refractivity contribution in [1.82, 2.24) is 10.6 Å². The molecule has 1 fully saturated rings. The maximum atomic E-state index is 12.7. The van der Waals surface area contributed by atoms with Crippen molar-refractivity contribution in [2.24, 2.45) is 0 Å². The molecule has 0 saturated carbocycles. The lowest BCUT2D eigenvalue weighted by atomic mass is 10.2. The standard InChI is InChI=1S/C14H18FN3O3.ClH/c15-10-1-3-11(4-2-10)18-14(20)8-17-13(19)7-12-9-21-6-5-16-12;/h1-4,12,16H,5-9H2,(H,17,19)(H,18,20);1H. The van der Waals surface area contributed by atoms with Gasteiger partial charge in [0.15, 0.2) is 0 Å². The van der Waals surface area contributed by atoms with Gasteiger partial charge in [-0.2, -0.15) is 0 Å². The number of hydrogen-bond donors (Lipinski definition) is 3. The molecular weight excluding hydrogens is 313 g/mol. The molecule has 2 amide bonds. The van der Waals surface area contributed by atoms with Gasteiger partial charge in [0, 0.05) is 24.7 Å². The van der Waals surface area contributed by atoms with Crippen LogP contribution in [0.15, 0.2) is 24.3 Å². The van der Waals surface area contributed by atoms with Crippen LogP contribution in [0.1, 0.15) is 6.42 Å². The molecule has 0 aromatic heterocycles. The summed E-state index contributed by atoms with van der Waals surface area (Å²) < 4.78 is 18.0. The van der Waals surface area contributed by atoms with Gasteiger partial charge >= 0.3 is 0 Å². The van der Waals surface area contributed by atoms with Crippen LogP contribution in [0.25, 0.3) is 0 Å². The van der Waals surface area contributed by atoms with E-state index in [1.165, 1.54) is 24.3 Å². The fraction of sp³-hybridized carbons (Fsp3) is 0.429. The van der Waals surface area contributed by atoms with E-state index in [1.807, 2.05) is 0 Å². The van der Waals surface area contributed by atoms with Crippen molar-refractivity contribution in [2.45, 2.75) is 12.5 Å². The van der Waals surface area contributed by atoms with Gasteiger partial charge in [-0.25, -0.2) is 4.39 Å². The highest BCUT2D eigenvalue weighted by molar-refractivity contribution is 5.94. The van der Waals surface area contributed by atoms with Gasteiger partial charge in [-0.15, -0.1) is 12.4 Å². The second-order valence-electron chi connectivity index (χ2n) is 4.76. The van der Waals surface area contributed by atoms with Crippen LogP contribution in [0, 0.1) is 5.82 Å². The summed E-state index contributed by atoms with van der Waals surface area (Å²) in [4.78, 5) is 23.3. The first-order valence-electron chi connectivity index (χ1n) is 6.77. The Morgan fingerprint density at radius 2 is 2.00 bits per heavy atom. The van der Waals surface area contributed by atoms with Gasteiger partial charge in [-0.1, -0.05) is 0 Å². The third-order valence-electron chi connectivity index (χ3n) is 3.00. The number of hydrogen-bond acceptors (Lipinski definition) is 4. The number of morpholine rings is 1. The van der Waals surface area contributed by atoms with E-state index >= 15 is 0 Å². The molecule has 2 rings (SSSR count). The van der Waals surface area contributed by atoms with Crippen LogP contribution in [0.2, 0.25) is 0 Å². The van der Waals surface area contributed by atoms with Crippen LogP contribution in [0.3, 0.4) is 0 Å². The van der Waals surface area contributed by atoms with Gasteiger partial charge in [0.1, 0.15) is 5.82 Å². The maximum Gasteiger partial charge on any atom is 0.243 e. The predicted octanol–water partition coefficient (Wildman–Crippen LogP) is 0.681. The molecule has 22 heavy (non-hydrogen) atoms. The van der Waals surface area contributed by atoms with Crippen molar-refractivity contribution in [2.75, 3.05) is 31.6 Å². The average molecular weight is 332 g/mol. The molecule has 0 radical (unpaired) electrons. The summed E-state index contributed by atoms with van der Waals surface area (Å²) in [5.74, 6) is -0.946. The van der Waals surface area contributed by atoms with Crippen LogP contribution in [-0.4, -0.2) is 44.2 Å². The Labute approximate surface area is 134 Å². The molecular formula is C14H19ClFN3O3. The summed E-state index contributed by atoms with van der Waals surface area (Å²) >= 11 is 0. The normalized spacial score (nSPS) is 17.2. The number of nitrogens with one attached hydrogen (secondary N) is 3. The highest BCUT2D eigenvalue weighted by Gasteiger charge is 2.17. The Balaban J connectivity index is 0.00000242. The second kappa shape index (κ2) is 9.34. The van der Waals surface area contributed by atoms with E-state index in [2.05, 4.69) is 16.0 Å². The number of rotatable bonds is 5. The Morgan fingerprint density at radius 1 is 1.27 bits per heavy atom. The van der Waals surface area contributed by atoms with E-state index in [1.54, 1.807) is 0 Å². The van der Waals surface area contributed by atoms with E-state index in [-0.39, 0.29) is 49.0 Å². The second-order valence-corrected chi connectivity index (χ2v) is 4.76. The number of benzene rings is 1. The lowest BCUT2D eigenvalue weighted by Gasteiger charge is -2.23. The van der Waals surface area contributed by atoms with Gasteiger partial charge in [-0.3, -0.25) is 9.59 Å². The van der Waals surface area contributed by atoms with E-state index in [0.717, 1.165) is 6.54 Å². The summed E-state index contributed by atoms with van der Waals surface area (Å²) in [6.45, 7) is 1.75. The van der Waals surface area contributed by atoms with Gasteiger partial charge in [0.05, 0.1) is 19.8 Å². The van der Waals surface area contributed by atoms with Crippen molar-refractivity contribution in [3.05, 3.63) is 30.1 Å². The van der Waals surface area contributed by atoms with Gasteiger partial charge in [0.25, 0.3) is 0 Å². The number of amides is 2. The summed E-state index contributed by atoms with van der Waals surface area (Å²) in [5.41, 5.74) is 0.484. The monoisotopic (exact) mass is 331 g/mol. The molecule has 1 atom stereocenters. The molecule has 1 aromatic rings. The zero-order chi connectivity index (χ0) is 15.1. The van der Waals surface area contributed by atoms with E-state index in [0.29, 0.717) is 18.9 Å². The summed E-state index contributed by atoms with van der Waals surface area (Å²) in [5, 5.41) is 8.27. The highest BCUT2D eigenvalue weighted by Crippen LogP contribution is 2.07. The van der Waals surface area contributed by atoms with Gasteiger partial charge in [0.2, 0.25) is 11.8 Å². The van der Waals surface area contributed by atoms with Crippen molar-refractivity contribution in [1.29, 1.82) is 0 Å². The first-order chi connectivity index (χ1) is 10.1. The fourth-order valence-electron chi connectivity index (χ4n) is 1.96. The molecule has 0 aliphatic carbocycles. The number of ether oxygens (including phenoxy) is 1. The maximum absolute atomic E-state index is 12.7. The van der Waals surface area contributed by atoms with Crippen molar-refractivity contribution in [3.63, 3.8) is 0 Å². The number of halogens is 2. The quantitative estimate of drug-likeness (QED) is 0.741. The van der Waals surface area contributed by atoms with Crippen LogP contribution in [-0.2, 0) is 14.3 Å². The fourth-order valence-corrected chi connectivity index (χ4v) is 1.96. The van der Waals surface area contributed by atoms with Crippen LogP contribution < -0.4 is 16.0 Å². The minimum absolute atomic E-state index is 0. The molecule has 1 aliphatic heterocycles. The molecule has 3 N–H and O–H groups in total. The zero-order valence-corrected chi connectivity index (χ0v) is 12.7. The van der Waals surface area contributed by atoms with E-state index in [4.69, 9.17) is 4.74 Å². The Bertz CT molecular complexity index is 493. The molecule has 8 heteroatoms. The molecule has 0 bridgehead atoms. The lowest BCUT2D eigenvalue weighted by molar-refractivity contribution is -0.125. The molecule has 1 heterocycles. The summed E-state index contributed by atoms with van der Waals surface area (Å²) in [6.07, 6.45) is 0.268. The van der Waals surface area contributed by atoms with Crippen molar-refractivity contribution in [3.8, 4) is 0 Å². The molecule has 6 nitrogen and oxygen atoms in total. The van der Waals surface area contributed by atoms with E-state index in [9.17, 15) is 14.0 Å². The highest BCUT2D eigenvalue weighted by atomic mass is 35.5. The zero-order valence-electron chi connectivity index (χ0n) is 11.9. The summed E-state index contributed by atoms with van der Waals surface area (Å²) in [6, 6.07) is 5.40. The molecule has 1 aliphatic rings. The SMILES string of the molecule is Cl.O=C(CC1COCCN1)NCC(=O)Nc1ccc(F)cc1. The molecule has 1 unspecified atom stereocenters. The minimum Gasteiger partial charge on any atom is -0.378 e. The Morgan fingerprint density at radius 3 is 2.64 bits per heavy atom. The molecule has 1 saturated heterocycles. The number of carbonyl (C=O) groups is 2. The van der Waals surface area contributed by atoms with Gasteiger partial charge in [-0.05, 0) is 24.3 Å². The van der Waals surface area contributed by atoms with Crippen molar-refractivity contribution < 1.29 is 18.7 Å². The third-order valence-corrected chi connectivity index (χ3v) is 3.00. The van der Waals surface area contributed by atoms with Crippen LogP contribution in [0.5, 0.6) is 0 Å². The van der Waals surface area contributed by atoms with Gasteiger partial charge < -0.3 is 20.7 Å². The number of anilines is 1. The summed E-state index contributed by atoms with van der Waals surface area (Å²) in [7, 11) is 0. The molecule has 0 spiro atoms. The first-order valence-corrected chi connectivity index (χ1v) is 6.77. The third kappa shape index (κ3) is 6.38. The smallest absolute Gasteiger partial charge is 0.243 e. The number of carbonyl (C=O) groups excluding carboxylic acids is 2. The van der Waals surface area contributed by atoms with Crippen LogP contribution in [0.4, 0.5) is 10.1 Å². The Kier molecular flexibility index (Phi) is 7.79. The molecule has 1 aromatic carbocycles. The van der Waals surface area contributed by atoms with Crippen LogP contribution >= 0.6 is 12.4 Å². The molecule has 122 valence electrons. The Hall–Kier alpha value is -1.70.